The molecule has 0 heterocycles. The molecule has 35 heavy (non-hydrogen) atoms. The summed E-state index contributed by atoms with van der Waals surface area (Å²) in [5.74, 6) is -0.368. The zero-order valence-electron chi connectivity index (χ0n) is 18.2. The molecule has 0 atom stereocenters. The molecule has 0 saturated heterocycles. The summed E-state index contributed by atoms with van der Waals surface area (Å²) in [7, 11) is -4.06. The molecule has 182 valence electrons. The molecule has 0 fully saturated rings. The molecule has 0 aliphatic rings. The van der Waals surface area contributed by atoms with Crippen LogP contribution in [0.25, 0.3) is 0 Å². The summed E-state index contributed by atoms with van der Waals surface area (Å²) in [5.41, 5.74) is 5.50. The van der Waals surface area contributed by atoms with Crippen molar-refractivity contribution in [2.24, 2.45) is 10.2 Å². The molecule has 2 N–H and O–H groups in total. The molecule has 0 bridgehead atoms. The van der Waals surface area contributed by atoms with E-state index in [0.717, 1.165) is 4.47 Å². The lowest BCUT2D eigenvalue weighted by atomic mass is 10.3. The van der Waals surface area contributed by atoms with Crippen LogP contribution in [0.1, 0.15) is 6.92 Å². The lowest BCUT2D eigenvalue weighted by Crippen LogP contribution is -2.30. The highest BCUT2D eigenvalue weighted by Crippen LogP contribution is 2.27. The Morgan fingerprint density at radius 1 is 1.00 bits per heavy atom. The molecule has 3 aromatic rings. The monoisotopic (exact) mass is 596 g/mol. The van der Waals surface area contributed by atoms with E-state index >= 15 is 0 Å². The molecule has 12 heteroatoms. The average molecular weight is 598 g/mol. The van der Waals surface area contributed by atoms with Crippen molar-refractivity contribution in [1.29, 1.82) is 0 Å². The summed E-state index contributed by atoms with van der Waals surface area (Å²) in [5, 5.41) is 8.30. The van der Waals surface area contributed by atoms with Crippen molar-refractivity contribution in [3.63, 3.8) is 0 Å². The first-order chi connectivity index (χ1) is 16.7. The summed E-state index contributed by atoms with van der Waals surface area (Å²) in [6, 6.07) is 19.3. The van der Waals surface area contributed by atoms with E-state index in [9.17, 15) is 13.2 Å². The molecule has 0 aliphatic heterocycles. The summed E-state index contributed by atoms with van der Waals surface area (Å²) in [6.07, 6.45) is 0. The number of nitrogens with one attached hydrogen (secondary N) is 2. The van der Waals surface area contributed by atoms with E-state index in [4.69, 9.17) is 27.9 Å². The van der Waals surface area contributed by atoms with Crippen LogP contribution in [0, 0.1) is 0 Å². The van der Waals surface area contributed by atoms with Crippen LogP contribution >= 0.6 is 39.1 Å². The Balaban J connectivity index is 1.79. The fourth-order valence-corrected chi connectivity index (χ4v) is 4.71. The first kappa shape index (κ1) is 26.7. The lowest BCUT2D eigenvalue weighted by Gasteiger charge is -2.10. The van der Waals surface area contributed by atoms with Gasteiger partial charge in [0.2, 0.25) is 14.9 Å². The first-order valence-electron chi connectivity index (χ1n) is 9.97. The predicted octanol–water partition coefficient (Wildman–Crippen LogP) is 5.53. The minimum absolute atomic E-state index is 0.0259. The van der Waals surface area contributed by atoms with Crippen LogP contribution in [0.3, 0.4) is 0 Å². The van der Waals surface area contributed by atoms with Gasteiger partial charge in [0.25, 0.3) is 5.91 Å². The van der Waals surface area contributed by atoms with Crippen LogP contribution in [-0.2, 0) is 14.6 Å². The Labute approximate surface area is 221 Å². The third kappa shape index (κ3) is 7.53. The molecule has 8 nitrogen and oxygen atoms in total. The Kier molecular flexibility index (Phi) is 9.27. The first-order valence-corrected chi connectivity index (χ1v) is 13.0. The van der Waals surface area contributed by atoms with Gasteiger partial charge in [-0.15, -0.1) is 0 Å². The number of benzene rings is 3. The standard InChI is InChI=1S/C23H19BrCl2N4O4S/c1-15(27-29-22(31)14-34-21-12-9-17(25)13-20(21)26)23(30-28-18-10-7-16(24)8-11-18)35(32,33)19-5-3-2-4-6-19/h2-13,28H,14H2,1H3,(H,29,31)/b27-15+,30-23+. The maximum atomic E-state index is 13.2. The van der Waals surface area contributed by atoms with Gasteiger partial charge >= 0.3 is 0 Å². The average Bonchev–Trinajstić information content (AvgIpc) is 2.84. The number of ether oxygens (including phenoxy) is 1. The van der Waals surface area contributed by atoms with Gasteiger partial charge in [0.15, 0.2) is 6.61 Å². The van der Waals surface area contributed by atoms with Crippen molar-refractivity contribution < 1.29 is 17.9 Å². The quantitative estimate of drug-likeness (QED) is 0.202. The number of hydrazone groups is 2. The number of hydrogen-bond donors (Lipinski definition) is 2. The Hall–Kier alpha value is -2.92. The third-order valence-electron chi connectivity index (χ3n) is 4.35. The second kappa shape index (κ2) is 12.2. The Morgan fingerprint density at radius 2 is 1.69 bits per heavy atom. The normalized spacial score (nSPS) is 12.2. The van der Waals surface area contributed by atoms with E-state index in [1.54, 1.807) is 48.5 Å². The summed E-state index contributed by atoms with van der Waals surface area (Å²) < 4.78 is 32.7. The number of hydrogen-bond acceptors (Lipinski definition) is 7. The molecule has 0 spiro atoms. The maximum Gasteiger partial charge on any atom is 0.277 e. The van der Waals surface area contributed by atoms with Crippen LogP contribution in [0.2, 0.25) is 10.0 Å². The molecular weight excluding hydrogens is 579 g/mol. The summed E-state index contributed by atoms with van der Waals surface area (Å²) >= 11 is 15.2. The number of halogens is 3. The van der Waals surface area contributed by atoms with E-state index in [-0.39, 0.29) is 26.4 Å². The fraction of sp³-hybridized carbons (Fsp3) is 0.0870. The van der Waals surface area contributed by atoms with Gasteiger partial charge in [-0.05, 0) is 61.5 Å². The zero-order valence-corrected chi connectivity index (χ0v) is 22.1. The number of anilines is 1. The minimum Gasteiger partial charge on any atom is -0.482 e. The second-order valence-electron chi connectivity index (χ2n) is 6.95. The molecule has 3 aromatic carbocycles. The summed E-state index contributed by atoms with van der Waals surface area (Å²) in [6.45, 7) is 1.01. The maximum absolute atomic E-state index is 13.2. The van der Waals surface area contributed by atoms with Crippen molar-refractivity contribution in [3.05, 3.63) is 87.3 Å². The number of rotatable bonds is 8. The Bertz CT molecular complexity index is 1370. The minimum atomic E-state index is -4.06. The number of sulfone groups is 1. The van der Waals surface area contributed by atoms with Crippen LogP contribution < -0.4 is 15.6 Å². The molecule has 1 amide bonds. The van der Waals surface area contributed by atoms with Crippen LogP contribution in [0.4, 0.5) is 5.69 Å². The smallest absolute Gasteiger partial charge is 0.277 e. The molecule has 0 aliphatic carbocycles. The van der Waals surface area contributed by atoms with Crippen molar-refractivity contribution in [2.45, 2.75) is 11.8 Å². The molecule has 0 unspecified atom stereocenters. The number of carbonyl (C=O) groups is 1. The molecule has 0 radical (unpaired) electrons. The van der Waals surface area contributed by atoms with E-state index in [1.165, 1.54) is 31.2 Å². The largest absolute Gasteiger partial charge is 0.482 e. The number of nitrogens with zero attached hydrogens (tertiary/aromatic N) is 2. The van der Waals surface area contributed by atoms with Crippen LogP contribution in [0.15, 0.2) is 92.4 Å². The van der Waals surface area contributed by atoms with E-state index < -0.39 is 22.4 Å². The highest BCUT2D eigenvalue weighted by Gasteiger charge is 2.26. The van der Waals surface area contributed by atoms with E-state index in [1.807, 2.05) is 0 Å². The van der Waals surface area contributed by atoms with Gasteiger partial charge in [0.05, 0.1) is 21.3 Å². The SMILES string of the molecule is CC(=N\NC(=O)COc1ccc(Cl)cc1Cl)/C(=N\Nc1ccc(Br)cc1)S(=O)(=O)c1ccccc1. The highest BCUT2D eigenvalue weighted by atomic mass is 79.9. The molecule has 3 rings (SSSR count). The molecular formula is C23H19BrCl2N4O4S. The van der Waals surface area contributed by atoms with Crippen molar-refractivity contribution in [2.75, 3.05) is 12.0 Å². The zero-order chi connectivity index (χ0) is 25.4. The number of amides is 1. The molecule has 0 aromatic heterocycles. The molecule has 0 saturated carbocycles. The fourth-order valence-electron chi connectivity index (χ4n) is 2.65. The van der Waals surface area contributed by atoms with Gasteiger partial charge in [-0.25, -0.2) is 13.8 Å². The van der Waals surface area contributed by atoms with Crippen LogP contribution in [0.5, 0.6) is 5.75 Å². The topological polar surface area (TPSA) is 109 Å². The van der Waals surface area contributed by atoms with E-state index in [2.05, 4.69) is 37.0 Å². The summed E-state index contributed by atoms with van der Waals surface area (Å²) in [4.78, 5) is 12.3. The van der Waals surface area contributed by atoms with Crippen molar-refractivity contribution in [3.8, 4) is 5.75 Å². The predicted molar refractivity (Wildman–Crippen MR) is 142 cm³/mol. The van der Waals surface area contributed by atoms with Crippen molar-refractivity contribution in [1.82, 2.24) is 5.43 Å². The van der Waals surface area contributed by atoms with Crippen LogP contribution in [-0.4, -0.2) is 31.7 Å². The van der Waals surface area contributed by atoms with Gasteiger partial charge < -0.3 is 4.74 Å². The van der Waals surface area contributed by atoms with Crippen molar-refractivity contribution >= 4 is 71.3 Å². The van der Waals surface area contributed by atoms with Gasteiger partial charge in [-0.2, -0.15) is 10.2 Å². The lowest BCUT2D eigenvalue weighted by molar-refractivity contribution is -0.123. The Morgan fingerprint density at radius 3 is 2.34 bits per heavy atom. The van der Waals surface area contributed by atoms with Gasteiger partial charge in [0, 0.05) is 9.50 Å². The third-order valence-corrected chi connectivity index (χ3v) is 7.20. The second-order valence-corrected chi connectivity index (χ2v) is 10.6. The van der Waals surface area contributed by atoms with Gasteiger partial charge in [-0.3, -0.25) is 10.2 Å². The van der Waals surface area contributed by atoms with Gasteiger partial charge in [-0.1, -0.05) is 57.3 Å². The van der Waals surface area contributed by atoms with E-state index in [0.29, 0.717) is 10.7 Å². The van der Waals surface area contributed by atoms with Gasteiger partial charge in [0.1, 0.15) is 5.75 Å². The number of carbonyl (C=O) groups excluding carboxylic acids is 1. The highest BCUT2D eigenvalue weighted by molar-refractivity contribution is 9.10.